The Kier molecular flexibility index (Phi) is 8.17. The first-order valence-corrected chi connectivity index (χ1v) is 7.86. The number of non-ortho nitro benzene ring substituents is 1. The van der Waals surface area contributed by atoms with Crippen molar-refractivity contribution in [2.24, 2.45) is 0 Å². The highest BCUT2D eigenvalue weighted by Crippen LogP contribution is 2.31. The van der Waals surface area contributed by atoms with Crippen LogP contribution in [0.5, 0.6) is 5.75 Å². The molecule has 2 N–H and O–H groups in total. The number of nitrogens with two attached hydrogens (primary N) is 1. The minimum absolute atomic E-state index is 0.118. The first-order chi connectivity index (χ1) is 12.5. The zero-order chi connectivity index (χ0) is 19.5. The van der Waals surface area contributed by atoms with Gasteiger partial charge in [-0.1, -0.05) is 50.1 Å². The van der Waals surface area contributed by atoms with E-state index in [1.165, 1.54) is 19.2 Å². The van der Waals surface area contributed by atoms with Crippen LogP contribution in [-0.4, -0.2) is 18.0 Å². The number of esters is 1. The van der Waals surface area contributed by atoms with Gasteiger partial charge in [0.2, 0.25) is 0 Å². The Morgan fingerprint density at radius 2 is 1.88 bits per heavy atom. The molecule has 0 spiro atoms. The molecule has 0 bridgehead atoms. The molecular weight excluding hydrogens is 336 g/mol. The molecule has 7 nitrogen and oxygen atoms in total. The van der Waals surface area contributed by atoms with E-state index in [0.29, 0.717) is 0 Å². The summed E-state index contributed by atoms with van der Waals surface area (Å²) >= 11 is 0. The Labute approximate surface area is 151 Å². The van der Waals surface area contributed by atoms with Crippen molar-refractivity contribution in [3.63, 3.8) is 0 Å². The van der Waals surface area contributed by atoms with E-state index in [4.69, 9.17) is 10.5 Å². The number of anilines is 1. The molecule has 0 radical (unpaired) electrons. The summed E-state index contributed by atoms with van der Waals surface area (Å²) in [5, 5.41) is 11.1. The maximum atomic E-state index is 11.1. The van der Waals surface area contributed by atoms with Gasteiger partial charge in [0, 0.05) is 12.0 Å². The van der Waals surface area contributed by atoms with Gasteiger partial charge < -0.3 is 15.2 Å². The number of rotatable bonds is 4. The molecule has 0 amide bonds. The Hall–Kier alpha value is -3.53. The minimum Gasteiger partial charge on any atom is -0.486 e. The zero-order valence-electron chi connectivity index (χ0n) is 14.8. The molecule has 2 aromatic rings. The maximum absolute atomic E-state index is 11.1. The number of benzene rings is 2. The predicted octanol–water partition coefficient (Wildman–Crippen LogP) is 3.31. The lowest BCUT2D eigenvalue weighted by molar-refractivity contribution is -0.384. The molecule has 0 aliphatic rings. The average Bonchev–Trinajstić information content (AvgIpc) is 2.68. The number of nitrogens with zero attached hydrogens (tertiary/aromatic N) is 1. The molecule has 136 valence electrons. The largest absolute Gasteiger partial charge is 0.486 e. The number of hydrogen-bond donors (Lipinski definition) is 1. The van der Waals surface area contributed by atoms with Gasteiger partial charge in [0.05, 0.1) is 29.4 Å². The second-order valence-corrected chi connectivity index (χ2v) is 4.68. The Morgan fingerprint density at radius 3 is 2.46 bits per heavy atom. The van der Waals surface area contributed by atoms with Crippen molar-refractivity contribution >= 4 is 17.3 Å². The first kappa shape index (κ1) is 20.5. The SMILES string of the molecule is CC.COC(=O)C#Cc1cc([N+](=O)[O-])cc(OCc2ccccc2)c1N. The highest BCUT2D eigenvalue weighted by Gasteiger charge is 2.15. The molecule has 26 heavy (non-hydrogen) atoms. The third-order valence-electron chi connectivity index (χ3n) is 3.06. The Morgan fingerprint density at radius 1 is 1.23 bits per heavy atom. The van der Waals surface area contributed by atoms with E-state index < -0.39 is 10.9 Å². The van der Waals surface area contributed by atoms with Crippen molar-refractivity contribution in [1.29, 1.82) is 0 Å². The lowest BCUT2D eigenvalue weighted by atomic mass is 10.1. The van der Waals surface area contributed by atoms with Crippen molar-refractivity contribution in [1.82, 2.24) is 0 Å². The van der Waals surface area contributed by atoms with E-state index in [-0.39, 0.29) is 29.3 Å². The van der Waals surface area contributed by atoms with Crippen LogP contribution in [-0.2, 0) is 16.1 Å². The van der Waals surface area contributed by atoms with Gasteiger partial charge in [0.25, 0.3) is 5.69 Å². The summed E-state index contributed by atoms with van der Waals surface area (Å²) in [6.07, 6.45) is 0. The van der Waals surface area contributed by atoms with Crippen LogP contribution in [0, 0.1) is 22.0 Å². The summed E-state index contributed by atoms with van der Waals surface area (Å²) in [7, 11) is 1.18. The van der Waals surface area contributed by atoms with Crippen molar-refractivity contribution < 1.29 is 19.2 Å². The lowest BCUT2D eigenvalue weighted by Gasteiger charge is -2.10. The molecule has 0 heterocycles. The van der Waals surface area contributed by atoms with Crippen LogP contribution in [0.1, 0.15) is 25.0 Å². The number of nitro groups is 1. The van der Waals surface area contributed by atoms with Gasteiger partial charge in [-0.2, -0.15) is 0 Å². The lowest BCUT2D eigenvalue weighted by Crippen LogP contribution is -2.02. The van der Waals surface area contributed by atoms with E-state index in [1.807, 2.05) is 44.2 Å². The molecule has 0 fully saturated rings. The van der Waals surface area contributed by atoms with Crippen LogP contribution < -0.4 is 10.5 Å². The second kappa shape index (κ2) is 10.4. The predicted molar refractivity (Wildman–Crippen MR) is 98.5 cm³/mol. The number of carbonyl (C=O) groups is 1. The smallest absolute Gasteiger partial charge is 0.384 e. The quantitative estimate of drug-likeness (QED) is 0.296. The molecule has 0 aromatic heterocycles. The van der Waals surface area contributed by atoms with E-state index in [1.54, 1.807) is 0 Å². The minimum atomic E-state index is -0.771. The van der Waals surface area contributed by atoms with E-state index in [9.17, 15) is 14.9 Å². The summed E-state index contributed by atoms with van der Waals surface area (Å²) in [6.45, 7) is 4.19. The molecule has 0 atom stereocenters. The summed E-state index contributed by atoms with van der Waals surface area (Å²) in [4.78, 5) is 21.6. The van der Waals surface area contributed by atoms with E-state index in [0.717, 1.165) is 5.56 Å². The van der Waals surface area contributed by atoms with Gasteiger partial charge >= 0.3 is 5.97 Å². The average molecular weight is 356 g/mol. The van der Waals surface area contributed by atoms with Crippen molar-refractivity contribution in [2.75, 3.05) is 12.8 Å². The highest BCUT2D eigenvalue weighted by molar-refractivity contribution is 5.89. The van der Waals surface area contributed by atoms with Crippen LogP contribution in [0.2, 0.25) is 0 Å². The number of ether oxygens (including phenoxy) is 2. The van der Waals surface area contributed by atoms with Crippen LogP contribution in [0.4, 0.5) is 11.4 Å². The summed E-state index contributed by atoms with van der Waals surface area (Å²) in [5.41, 5.74) is 6.83. The molecule has 0 saturated heterocycles. The summed E-state index contributed by atoms with van der Waals surface area (Å²) in [5.74, 6) is 4.01. The van der Waals surface area contributed by atoms with Gasteiger partial charge in [0.1, 0.15) is 6.61 Å². The molecular formula is C19H20N2O5. The van der Waals surface area contributed by atoms with Gasteiger partial charge in [-0.05, 0) is 5.56 Å². The molecule has 7 heteroatoms. The number of carbonyl (C=O) groups excluding carboxylic acids is 1. The molecule has 2 aromatic carbocycles. The van der Waals surface area contributed by atoms with Gasteiger partial charge in [-0.3, -0.25) is 10.1 Å². The van der Waals surface area contributed by atoms with E-state index in [2.05, 4.69) is 16.6 Å². The standard InChI is InChI=1S/C17H14N2O5.C2H6/c1-23-16(20)8-7-13-9-14(19(21)22)10-15(17(13)18)24-11-12-5-3-2-4-6-12;1-2/h2-6,9-10H,11,18H2,1H3;1-2H3. The van der Waals surface area contributed by atoms with Crippen LogP contribution in [0.3, 0.4) is 0 Å². The maximum Gasteiger partial charge on any atom is 0.384 e. The summed E-state index contributed by atoms with van der Waals surface area (Å²) < 4.78 is 9.98. The second-order valence-electron chi connectivity index (χ2n) is 4.68. The van der Waals surface area contributed by atoms with E-state index >= 15 is 0 Å². The van der Waals surface area contributed by atoms with Crippen molar-refractivity contribution in [3.8, 4) is 17.6 Å². The van der Waals surface area contributed by atoms with Gasteiger partial charge in [0.15, 0.2) is 5.75 Å². The topological polar surface area (TPSA) is 105 Å². The fourth-order valence-corrected chi connectivity index (χ4v) is 1.85. The Bertz CT molecular complexity index is 823. The first-order valence-electron chi connectivity index (χ1n) is 7.86. The number of hydrogen-bond acceptors (Lipinski definition) is 6. The van der Waals surface area contributed by atoms with Crippen LogP contribution >= 0.6 is 0 Å². The highest BCUT2D eigenvalue weighted by atomic mass is 16.6. The molecule has 0 aliphatic carbocycles. The molecule has 0 unspecified atom stereocenters. The molecule has 0 saturated carbocycles. The molecule has 2 rings (SSSR count). The van der Waals surface area contributed by atoms with Crippen molar-refractivity contribution in [3.05, 3.63) is 63.7 Å². The third-order valence-corrected chi connectivity index (χ3v) is 3.06. The number of nitro benzene ring substituents is 1. The number of nitrogen functional groups attached to an aromatic ring is 1. The fourth-order valence-electron chi connectivity index (χ4n) is 1.85. The Balaban J connectivity index is 0.00000163. The monoisotopic (exact) mass is 356 g/mol. The third kappa shape index (κ3) is 5.83. The van der Waals surface area contributed by atoms with Gasteiger partial charge in [-0.25, -0.2) is 4.79 Å². The van der Waals surface area contributed by atoms with Crippen LogP contribution in [0.15, 0.2) is 42.5 Å². The van der Waals surface area contributed by atoms with Gasteiger partial charge in [-0.15, -0.1) is 0 Å². The molecule has 0 aliphatic heterocycles. The zero-order valence-corrected chi connectivity index (χ0v) is 14.8. The number of methoxy groups -OCH3 is 1. The summed E-state index contributed by atoms with van der Waals surface area (Å²) in [6, 6.07) is 11.7. The van der Waals surface area contributed by atoms with Crippen molar-refractivity contribution in [2.45, 2.75) is 20.5 Å². The van der Waals surface area contributed by atoms with Crippen LogP contribution in [0.25, 0.3) is 0 Å². The fraction of sp³-hybridized carbons (Fsp3) is 0.211. The normalized spacial score (nSPS) is 9.04.